The maximum absolute atomic E-state index is 6.62. The maximum Gasteiger partial charge on any atom is 0.156 e. The van der Waals surface area contributed by atoms with Crippen LogP contribution in [0.15, 0.2) is 162 Å². The van der Waals surface area contributed by atoms with Crippen LogP contribution in [0.2, 0.25) is 0 Å². The van der Waals surface area contributed by atoms with Crippen molar-refractivity contribution in [3.8, 4) is 28.3 Å². The van der Waals surface area contributed by atoms with Crippen LogP contribution in [0.5, 0.6) is 0 Å². The second kappa shape index (κ2) is 12.9. The molecule has 0 unspecified atom stereocenters. The van der Waals surface area contributed by atoms with Crippen LogP contribution in [-0.2, 0) is 20.1 Å². The monoisotopic (exact) mass is 807 g/mol. The molecule has 0 atom stereocenters. The number of hydrogen-bond donors (Lipinski definition) is 0. The molecular weight excluding hydrogens is 781 g/mol. The molecule has 6 aromatic carbocycles. The van der Waals surface area contributed by atoms with Gasteiger partial charge in [-0.2, -0.15) is 0 Å². The number of hydrogen-bond acceptors (Lipinski definition) is 4. The van der Waals surface area contributed by atoms with E-state index in [0.717, 1.165) is 83.0 Å². The minimum absolute atomic E-state index is 0. The van der Waals surface area contributed by atoms with Crippen molar-refractivity contribution in [2.75, 3.05) is 0 Å². The Hall–Kier alpha value is -5.94. The Morgan fingerprint density at radius 1 is 0.551 bits per heavy atom. The standard InChI is InChI=1S/C32H18N3O.C11H8N.Ir/c1-2-11-22(12-3-1)35-31(34-28-23-13-6-5-10-21(23)19-33-32(28)35)27-16-8-15-25-26-18-17-20-9-4-7-14-24(20)29(26)36-30(25)27;1-2-6-10(7-3-1)11-8-4-5-9-12-11;/h1-15,17-19H;1-6,8-9H;/q2*-1;. The van der Waals surface area contributed by atoms with Crippen molar-refractivity contribution in [3.05, 3.63) is 170 Å². The molecule has 0 amide bonds. The molecule has 0 aliphatic carbocycles. The van der Waals surface area contributed by atoms with E-state index in [2.05, 4.69) is 82.3 Å². The van der Waals surface area contributed by atoms with Gasteiger partial charge in [-0.15, -0.1) is 54.1 Å². The van der Waals surface area contributed by atoms with Crippen molar-refractivity contribution in [2.24, 2.45) is 0 Å². The summed E-state index contributed by atoms with van der Waals surface area (Å²) in [6.07, 6.45) is 3.70. The fourth-order valence-electron chi connectivity index (χ4n) is 6.37. The number of fused-ring (bicyclic) bond motifs is 8. The molecule has 49 heavy (non-hydrogen) atoms. The number of furan rings is 1. The van der Waals surface area contributed by atoms with Crippen LogP contribution >= 0.6 is 0 Å². The zero-order valence-corrected chi connectivity index (χ0v) is 28.4. The summed E-state index contributed by atoms with van der Waals surface area (Å²) in [6, 6.07) is 55.4. The summed E-state index contributed by atoms with van der Waals surface area (Å²) in [5, 5.41) is 6.52. The molecule has 10 aromatic rings. The summed E-state index contributed by atoms with van der Waals surface area (Å²) >= 11 is 0. The Labute approximate surface area is 295 Å². The topological polar surface area (TPSA) is 56.7 Å². The first-order valence-electron chi connectivity index (χ1n) is 15.8. The first-order valence-corrected chi connectivity index (χ1v) is 15.8. The summed E-state index contributed by atoms with van der Waals surface area (Å²) in [5.74, 6) is 0.758. The molecule has 5 nitrogen and oxygen atoms in total. The van der Waals surface area contributed by atoms with Gasteiger partial charge >= 0.3 is 0 Å². The van der Waals surface area contributed by atoms with E-state index in [-0.39, 0.29) is 20.1 Å². The van der Waals surface area contributed by atoms with Crippen molar-refractivity contribution in [2.45, 2.75) is 0 Å². The van der Waals surface area contributed by atoms with Crippen molar-refractivity contribution in [1.29, 1.82) is 0 Å². The van der Waals surface area contributed by atoms with Crippen molar-refractivity contribution in [1.82, 2.24) is 19.5 Å². The van der Waals surface area contributed by atoms with Gasteiger partial charge in [-0.1, -0.05) is 102 Å². The molecule has 235 valence electrons. The van der Waals surface area contributed by atoms with E-state index in [0.29, 0.717) is 0 Å². The van der Waals surface area contributed by atoms with E-state index < -0.39 is 0 Å². The molecular formula is C43H26IrN4O-2. The zero-order chi connectivity index (χ0) is 31.9. The first-order chi connectivity index (χ1) is 23.8. The van der Waals surface area contributed by atoms with Crippen LogP contribution in [0, 0.1) is 12.1 Å². The molecule has 0 aliphatic rings. The van der Waals surface area contributed by atoms with Gasteiger partial charge in [0.25, 0.3) is 0 Å². The van der Waals surface area contributed by atoms with Crippen LogP contribution in [0.1, 0.15) is 0 Å². The molecule has 0 spiro atoms. The summed E-state index contributed by atoms with van der Waals surface area (Å²) in [5.41, 5.74) is 7.15. The van der Waals surface area contributed by atoms with Crippen LogP contribution < -0.4 is 0 Å². The third-order valence-electron chi connectivity index (χ3n) is 8.61. The second-order valence-corrected chi connectivity index (χ2v) is 11.5. The zero-order valence-electron chi connectivity index (χ0n) is 26.0. The average Bonchev–Trinajstić information content (AvgIpc) is 3.76. The molecule has 1 radical (unpaired) electrons. The van der Waals surface area contributed by atoms with E-state index in [9.17, 15) is 0 Å². The summed E-state index contributed by atoms with van der Waals surface area (Å²) in [6.45, 7) is 0. The Balaban J connectivity index is 0.000000228. The Bertz CT molecular complexity index is 2680. The van der Waals surface area contributed by atoms with E-state index in [1.165, 1.54) is 0 Å². The van der Waals surface area contributed by atoms with E-state index in [1.54, 1.807) is 6.20 Å². The van der Waals surface area contributed by atoms with Crippen molar-refractivity contribution >= 4 is 54.6 Å². The molecule has 4 heterocycles. The van der Waals surface area contributed by atoms with Gasteiger partial charge in [0.15, 0.2) is 5.65 Å². The number of imidazole rings is 1. The van der Waals surface area contributed by atoms with E-state index in [1.807, 2.05) is 91.1 Å². The van der Waals surface area contributed by atoms with Crippen LogP contribution in [-0.4, -0.2) is 19.5 Å². The van der Waals surface area contributed by atoms with Crippen molar-refractivity contribution in [3.63, 3.8) is 0 Å². The third-order valence-corrected chi connectivity index (χ3v) is 8.61. The predicted molar refractivity (Wildman–Crippen MR) is 194 cm³/mol. The number of benzene rings is 6. The van der Waals surface area contributed by atoms with Crippen molar-refractivity contribution < 1.29 is 24.5 Å². The van der Waals surface area contributed by atoms with E-state index in [4.69, 9.17) is 14.4 Å². The Morgan fingerprint density at radius 2 is 1.31 bits per heavy atom. The predicted octanol–water partition coefficient (Wildman–Crippen LogP) is 10.6. The van der Waals surface area contributed by atoms with Gasteiger partial charge in [0.1, 0.15) is 11.1 Å². The van der Waals surface area contributed by atoms with Gasteiger partial charge in [0, 0.05) is 59.7 Å². The molecule has 0 saturated heterocycles. The molecule has 4 aromatic heterocycles. The Morgan fingerprint density at radius 3 is 2.12 bits per heavy atom. The fraction of sp³-hybridized carbons (Fsp3) is 0. The normalized spacial score (nSPS) is 11.1. The molecule has 0 bridgehead atoms. The number of aromatic nitrogens is 4. The van der Waals surface area contributed by atoms with Crippen LogP contribution in [0.4, 0.5) is 0 Å². The van der Waals surface area contributed by atoms with Gasteiger partial charge < -0.3 is 14.0 Å². The molecule has 10 rings (SSSR count). The number of rotatable bonds is 3. The van der Waals surface area contributed by atoms with Gasteiger partial charge in [0.05, 0.1) is 11.4 Å². The Kier molecular flexibility index (Phi) is 8.02. The summed E-state index contributed by atoms with van der Waals surface area (Å²) in [4.78, 5) is 14.2. The van der Waals surface area contributed by atoms with Gasteiger partial charge in [-0.05, 0) is 29.3 Å². The largest absolute Gasteiger partial charge is 0.500 e. The van der Waals surface area contributed by atoms with Gasteiger partial charge in [-0.25, -0.2) is 4.98 Å². The minimum atomic E-state index is 0. The van der Waals surface area contributed by atoms with Gasteiger partial charge in [-0.3, -0.25) is 4.98 Å². The van der Waals surface area contributed by atoms with Crippen LogP contribution in [0.3, 0.4) is 0 Å². The molecule has 0 saturated carbocycles. The first kappa shape index (κ1) is 30.4. The summed E-state index contributed by atoms with van der Waals surface area (Å²) in [7, 11) is 0. The smallest absolute Gasteiger partial charge is 0.156 e. The van der Waals surface area contributed by atoms with Crippen LogP contribution in [0.25, 0.3) is 83.0 Å². The number of nitrogens with zero attached hydrogens (tertiary/aromatic N) is 4. The van der Waals surface area contributed by atoms with E-state index >= 15 is 0 Å². The maximum atomic E-state index is 6.62. The average molecular weight is 807 g/mol. The van der Waals surface area contributed by atoms with Gasteiger partial charge in [0.2, 0.25) is 0 Å². The second-order valence-electron chi connectivity index (χ2n) is 11.5. The molecule has 0 fully saturated rings. The number of para-hydroxylation sites is 1. The molecule has 0 aliphatic heterocycles. The number of pyridine rings is 2. The SMILES string of the molecule is [Ir].[c-]1ccc2c(oc3c4ccccc4ccc23)c1-c1nc2c3ccccc3cnc2n1-c1ccccc1.[c-]1ccccc1-c1ccccn1. The fourth-order valence-corrected chi connectivity index (χ4v) is 6.37. The third kappa shape index (κ3) is 5.37. The molecule has 6 heteroatoms. The summed E-state index contributed by atoms with van der Waals surface area (Å²) < 4.78 is 8.73. The quantitative estimate of drug-likeness (QED) is 0.167. The minimum Gasteiger partial charge on any atom is -0.500 e. The molecule has 0 N–H and O–H groups in total.